The number of aliphatic carboxylic acids is 1. The third kappa shape index (κ3) is 12.8. The topological polar surface area (TPSA) is 59.3 Å². The Bertz CT molecular complexity index is 722. The predicted octanol–water partition coefficient (Wildman–Crippen LogP) is 6.90. The first-order chi connectivity index (χ1) is 14.6. The van der Waals surface area contributed by atoms with Gasteiger partial charge >= 0.3 is 5.97 Å². The van der Waals surface area contributed by atoms with Crippen LogP contribution in [-0.4, -0.2) is 21.6 Å². The zero-order chi connectivity index (χ0) is 21.9. The molecular formula is C26H37NO3. The highest BCUT2D eigenvalue weighted by Crippen LogP contribution is 2.08. The summed E-state index contributed by atoms with van der Waals surface area (Å²) in [5.74, 6) is -0.976. The molecule has 0 saturated heterocycles. The predicted molar refractivity (Wildman–Crippen MR) is 125 cm³/mol. The second-order valence-electron chi connectivity index (χ2n) is 7.31. The second kappa shape index (κ2) is 17.3. The fraction of sp³-hybridized carbons (Fsp3) is 0.462. The van der Waals surface area contributed by atoms with Gasteiger partial charge in [0.2, 0.25) is 5.91 Å². The van der Waals surface area contributed by atoms with Crippen LogP contribution in [0.25, 0.3) is 0 Å². The first kappa shape index (κ1) is 25.4. The summed E-state index contributed by atoms with van der Waals surface area (Å²) in [6.45, 7) is 2.23. The van der Waals surface area contributed by atoms with E-state index in [0.29, 0.717) is 12.1 Å². The van der Waals surface area contributed by atoms with E-state index in [-0.39, 0.29) is 12.3 Å². The van der Waals surface area contributed by atoms with E-state index in [4.69, 9.17) is 5.11 Å². The largest absolute Gasteiger partial charge is 0.481 e. The Morgan fingerprint density at radius 3 is 2.00 bits per heavy atom. The molecule has 164 valence electrons. The van der Waals surface area contributed by atoms with Gasteiger partial charge < -0.3 is 5.11 Å². The molecule has 0 aliphatic heterocycles. The number of rotatable bonds is 16. The van der Waals surface area contributed by atoms with Crippen LogP contribution in [0, 0.1) is 0 Å². The molecule has 0 aliphatic carbocycles. The Labute approximate surface area is 181 Å². The summed E-state index contributed by atoms with van der Waals surface area (Å²) in [5.41, 5.74) is 0.533. The maximum Gasteiger partial charge on any atom is 0.309 e. The van der Waals surface area contributed by atoms with Crippen molar-refractivity contribution in [2.45, 2.75) is 77.6 Å². The first-order valence-electron chi connectivity index (χ1n) is 11.2. The molecule has 0 unspecified atom stereocenters. The number of allylic oxidation sites excluding steroid dienone is 8. The Balaban J connectivity index is 2.07. The quantitative estimate of drug-likeness (QED) is 0.238. The van der Waals surface area contributed by atoms with Crippen molar-refractivity contribution in [1.82, 2.24) is 4.57 Å². The average molecular weight is 412 g/mol. The normalized spacial score (nSPS) is 12.2. The lowest BCUT2D eigenvalue weighted by molar-refractivity contribution is -0.136. The highest BCUT2D eigenvalue weighted by molar-refractivity contribution is 5.81. The van der Waals surface area contributed by atoms with Crippen LogP contribution < -0.4 is 0 Å². The third-order valence-corrected chi connectivity index (χ3v) is 4.65. The fourth-order valence-electron chi connectivity index (χ4n) is 3.01. The van der Waals surface area contributed by atoms with Gasteiger partial charge in [-0.3, -0.25) is 14.2 Å². The molecule has 1 aromatic heterocycles. The highest BCUT2D eigenvalue weighted by atomic mass is 16.4. The third-order valence-electron chi connectivity index (χ3n) is 4.65. The minimum atomic E-state index is -0.927. The summed E-state index contributed by atoms with van der Waals surface area (Å²) in [6.07, 6.45) is 29.0. The zero-order valence-electron chi connectivity index (χ0n) is 18.3. The number of carbonyl (C=O) groups excluding carboxylic acids is 1. The van der Waals surface area contributed by atoms with Gasteiger partial charge in [-0.2, -0.15) is 0 Å². The van der Waals surface area contributed by atoms with Gasteiger partial charge in [0.25, 0.3) is 0 Å². The average Bonchev–Trinajstić information content (AvgIpc) is 3.17. The number of hydrogen-bond acceptors (Lipinski definition) is 2. The van der Waals surface area contributed by atoms with Gasteiger partial charge in [-0.1, -0.05) is 68.4 Å². The number of hydrogen-bond donors (Lipinski definition) is 1. The summed E-state index contributed by atoms with van der Waals surface area (Å²) < 4.78 is 1.45. The second-order valence-corrected chi connectivity index (χ2v) is 7.31. The first-order valence-corrected chi connectivity index (χ1v) is 11.2. The summed E-state index contributed by atoms with van der Waals surface area (Å²) in [7, 11) is 0. The Morgan fingerprint density at radius 1 is 0.867 bits per heavy atom. The number of unbranched alkanes of at least 4 members (excludes halogenated alkanes) is 4. The monoisotopic (exact) mass is 411 g/mol. The van der Waals surface area contributed by atoms with Crippen LogP contribution in [-0.2, 0) is 11.2 Å². The van der Waals surface area contributed by atoms with Gasteiger partial charge in [0.15, 0.2) is 0 Å². The fourth-order valence-corrected chi connectivity index (χ4v) is 3.01. The minimum absolute atomic E-state index is 0.0489. The summed E-state index contributed by atoms with van der Waals surface area (Å²) in [5, 5.41) is 8.88. The van der Waals surface area contributed by atoms with Crippen LogP contribution in [0.2, 0.25) is 0 Å². The van der Waals surface area contributed by atoms with Crippen LogP contribution >= 0.6 is 0 Å². The van der Waals surface area contributed by atoms with Crippen molar-refractivity contribution in [3.63, 3.8) is 0 Å². The molecule has 0 bridgehead atoms. The lowest BCUT2D eigenvalue weighted by Gasteiger charge is -2.05. The molecule has 30 heavy (non-hydrogen) atoms. The SMILES string of the molecule is CCCCCC=CCC=CCC=CCC=CCCCC(=O)n1cccc1CC(=O)O. The van der Waals surface area contributed by atoms with E-state index >= 15 is 0 Å². The summed E-state index contributed by atoms with van der Waals surface area (Å²) in [4.78, 5) is 23.0. The van der Waals surface area contributed by atoms with E-state index in [1.807, 2.05) is 0 Å². The van der Waals surface area contributed by atoms with Crippen molar-refractivity contribution >= 4 is 11.9 Å². The van der Waals surface area contributed by atoms with Crippen LogP contribution in [0.1, 0.15) is 81.6 Å². The van der Waals surface area contributed by atoms with Crippen LogP contribution in [0.5, 0.6) is 0 Å². The zero-order valence-corrected chi connectivity index (χ0v) is 18.3. The van der Waals surface area contributed by atoms with E-state index in [9.17, 15) is 9.59 Å². The maximum atomic E-state index is 12.2. The van der Waals surface area contributed by atoms with Crippen molar-refractivity contribution in [3.8, 4) is 0 Å². The lowest BCUT2D eigenvalue weighted by atomic mass is 10.2. The van der Waals surface area contributed by atoms with E-state index in [0.717, 1.165) is 32.1 Å². The number of carboxylic acid groups (broad SMARTS) is 1. The van der Waals surface area contributed by atoms with Gasteiger partial charge in [-0.05, 0) is 57.1 Å². The molecule has 1 heterocycles. The molecule has 0 radical (unpaired) electrons. The van der Waals surface area contributed by atoms with Crippen LogP contribution in [0.3, 0.4) is 0 Å². The molecule has 1 aromatic rings. The molecule has 4 heteroatoms. The molecule has 4 nitrogen and oxygen atoms in total. The van der Waals surface area contributed by atoms with E-state index < -0.39 is 5.97 Å². The molecule has 1 rings (SSSR count). The van der Waals surface area contributed by atoms with Crippen molar-refractivity contribution in [1.29, 1.82) is 0 Å². The molecule has 0 amide bonds. The lowest BCUT2D eigenvalue weighted by Crippen LogP contribution is -2.14. The number of carbonyl (C=O) groups is 2. The molecule has 1 N–H and O–H groups in total. The minimum Gasteiger partial charge on any atom is -0.481 e. The van der Waals surface area contributed by atoms with E-state index in [1.165, 1.54) is 30.3 Å². The van der Waals surface area contributed by atoms with Gasteiger partial charge in [0.05, 0.1) is 6.42 Å². The Hall–Kier alpha value is -2.62. The van der Waals surface area contributed by atoms with Gasteiger partial charge in [0, 0.05) is 18.3 Å². The molecule has 0 spiro atoms. The number of nitrogens with zero attached hydrogens (tertiary/aromatic N) is 1. The van der Waals surface area contributed by atoms with Gasteiger partial charge in [-0.25, -0.2) is 0 Å². The smallest absolute Gasteiger partial charge is 0.309 e. The Kier molecular flexibility index (Phi) is 14.6. The van der Waals surface area contributed by atoms with E-state index in [2.05, 4.69) is 55.5 Å². The molecule has 0 aromatic carbocycles. The van der Waals surface area contributed by atoms with Gasteiger partial charge in [0.1, 0.15) is 0 Å². The molecule has 0 aliphatic rings. The Morgan fingerprint density at radius 2 is 1.43 bits per heavy atom. The molecular weight excluding hydrogens is 374 g/mol. The van der Waals surface area contributed by atoms with Crippen LogP contribution in [0.15, 0.2) is 66.9 Å². The van der Waals surface area contributed by atoms with Crippen LogP contribution in [0.4, 0.5) is 0 Å². The molecule has 0 fully saturated rings. The summed E-state index contributed by atoms with van der Waals surface area (Å²) in [6, 6.07) is 3.39. The number of carboxylic acids is 1. The highest BCUT2D eigenvalue weighted by Gasteiger charge is 2.11. The number of aromatic nitrogens is 1. The van der Waals surface area contributed by atoms with Crippen molar-refractivity contribution in [2.75, 3.05) is 0 Å². The summed E-state index contributed by atoms with van der Waals surface area (Å²) >= 11 is 0. The molecule has 0 saturated carbocycles. The standard InChI is InChI=1S/C26H37NO3/c1-2-3-4-5-6-7-8-9-10-11-12-13-14-15-16-17-18-21-25(28)27-22-19-20-24(27)23-26(29)30/h6-7,9-10,12-13,15-16,19-20,22H,2-5,8,11,14,17-18,21,23H2,1H3,(H,29,30). The van der Waals surface area contributed by atoms with Gasteiger partial charge in [-0.15, -0.1) is 0 Å². The van der Waals surface area contributed by atoms with E-state index in [1.54, 1.807) is 18.3 Å². The van der Waals surface area contributed by atoms with Crippen molar-refractivity contribution in [3.05, 3.63) is 72.6 Å². The van der Waals surface area contributed by atoms with Crippen molar-refractivity contribution < 1.29 is 14.7 Å². The molecule has 0 atom stereocenters. The van der Waals surface area contributed by atoms with Crippen molar-refractivity contribution in [2.24, 2.45) is 0 Å². The maximum absolute atomic E-state index is 12.2.